The van der Waals surface area contributed by atoms with Crippen molar-refractivity contribution in [3.05, 3.63) is 82.5 Å². The standard InChI is InChI=1S/C27H30FN3O2/c1-16-23(26(33)30-20-9-7-6-8-19(20)28)24(17-10-12-18(13-11-17)31(4)5)25-21(29-16)14-27(2,3)15-22(25)32/h6-13,24,29H,14-15H2,1-5H3,(H,30,33)/t24-/m0/s1. The Morgan fingerprint density at radius 1 is 1.09 bits per heavy atom. The van der Waals surface area contributed by atoms with E-state index < -0.39 is 17.6 Å². The molecule has 1 aliphatic carbocycles. The van der Waals surface area contributed by atoms with Crippen molar-refractivity contribution in [1.29, 1.82) is 0 Å². The number of Topliss-reactive ketones (excluding diaryl/α,β-unsaturated/α-hetero) is 1. The number of carbonyl (C=O) groups is 2. The Hall–Kier alpha value is -3.41. The molecule has 6 heteroatoms. The number of amides is 1. The van der Waals surface area contributed by atoms with E-state index in [0.717, 1.165) is 23.4 Å². The normalized spacial score (nSPS) is 19.7. The average Bonchev–Trinajstić information content (AvgIpc) is 2.73. The summed E-state index contributed by atoms with van der Waals surface area (Å²) in [5, 5.41) is 6.05. The number of anilines is 2. The maximum absolute atomic E-state index is 14.3. The summed E-state index contributed by atoms with van der Waals surface area (Å²) in [5.74, 6) is -1.40. The van der Waals surface area contributed by atoms with Crippen molar-refractivity contribution >= 4 is 23.1 Å². The lowest BCUT2D eigenvalue weighted by Crippen LogP contribution is -2.39. The minimum absolute atomic E-state index is 0.0409. The zero-order valence-electron chi connectivity index (χ0n) is 19.8. The number of nitrogens with one attached hydrogen (secondary N) is 2. The van der Waals surface area contributed by atoms with Crippen molar-refractivity contribution in [3.63, 3.8) is 0 Å². The summed E-state index contributed by atoms with van der Waals surface area (Å²) in [4.78, 5) is 28.8. The van der Waals surface area contributed by atoms with Crippen LogP contribution in [-0.4, -0.2) is 25.8 Å². The Labute approximate surface area is 194 Å². The van der Waals surface area contributed by atoms with E-state index in [1.807, 2.05) is 50.2 Å². The van der Waals surface area contributed by atoms with E-state index in [2.05, 4.69) is 24.5 Å². The fourth-order valence-electron chi connectivity index (χ4n) is 4.79. The summed E-state index contributed by atoms with van der Waals surface area (Å²) < 4.78 is 14.3. The van der Waals surface area contributed by atoms with Gasteiger partial charge in [0.05, 0.1) is 5.69 Å². The monoisotopic (exact) mass is 447 g/mol. The first-order chi connectivity index (χ1) is 15.6. The van der Waals surface area contributed by atoms with Crippen LogP contribution in [0.25, 0.3) is 0 Å². The van der Waals surface area contributed by atoms with E-state index in [1.165, 1.54) is 12.1 Å². The van der Waals surface area contributed by atoms with Crippen LogP contribution in [-0.2, 0) is 9.59 Å². The zero-order valence-corrected chi connectivity index (χ0v) is 19.8. The molecule has 0 aromatic heterocycles. The van der Waals surface area contributed by atoms with Crippen molar-refractivity contribution in [2.24, 2.45) is 5.41 Å². The van der Waals surface area contributed by atoms with Crippen LogP contribution in [0.15, 0.2) is 71.1 Å². The van der Waals surface area contributed by atoms with Crippen LogP contribution in [0.3, 0.4) is 0 Å². The Balaban J connectivity index is 1.81. The van der Waals surface area contributed by atoms with Crippen molar-refractivity contribution < 1.29 is 14.0 Å². The lowest BCUT2D eigenvalue weighted by atomic mass is 9.68. The Morgan fingerprint density at radius 3 is 2.39 bits per heavy atom. The molecular formula is C27H30FN3O2. The molecule has 4 rings (SSSR count). The maximum Gasteiger partial charge on any atom is 0.254 e. The first-order valence-electron chi connectivity index (χ1n) is 11.1. The summed E-state index contributed by atoms with van der Waals surface area (Å²) in [5.41, 5.74) is 4.46. The molecule has 0 fully saturated rings. The van der Waals surface area contributed by atoms with Crippen LogP contribution in [0.4, 0.5) is 15.8 Å². The molecule has 1 amide bonds. The van der Waals surface area contributed by atoms with Crippen LogP contribution in [0.5, 0.6) is 0 Å². The highest BCUT2D eigenvalue weighted by Gasteiger charge is 2.42. The summed E-state index contributed by atoms with van der Waals surface area (Å²) in [6.45, 7) is 6.00. The molecule has 0 saturated carbocycles. The number of hydrogen-bond donors (Lipinski definition) is 2. The second-order valence-corrected chi connectivity index (χ2v) is 9.85. The molecule has 2 aromatic carbocycles. The molecule has 5 nitrogen and oxygen atoms in total. The molecule has 172 valence electrons. The summed E-state index contributed by atoms with van der Waals surface area (Å²) in [6.07, 6.45) is 1.14. The summed E-state index contributed by atoms with van der Waals surface area (Å²) >= 11 is 0. The van der Waals surface area contributed by atoms with Crippen LogP contribution >= 0.6 is 0 Å². The number of halogens is 1. The quantitative estimate of drug-likeness (QED) is 0.682. The van der Waals surface area contributed by atoms with Crippen molar-refractivity contribution in [2.75, 3.05) is 24.3 Å². The van der Waals surface area contributed by atoms with Crippen molar-refractivity contribution in [1.82, 2.24) is 5.32 Å². The highest BCUT2D eigenvalue weighted by molar-refractivity contribution is 6.10. The fourth-order valence-corrected chi connectivity index (χ4v) is 4.79. The zero-order chi connectivity index (χ0) is 23.9. The van der Waals surface area contributed by atoms with Crippen LogP contribution in [0.2, 0.25) is 0 Å². The smallest absolute Gasteiger partial charge is 0.254 e. The average molecular weight is 448 g/mol. The predicted molar refractivity (Wildman–Crippen MR) is 129 cm³/mol. The van der Waals surface area contributed by atoms with Gasteiger partial charge in [-0.15, -0.1) is 0 Å². The van der Waals surface area contributed by atoms with Gasteiger partial charge in [-0.25, -0.2) is 4.39 Å². The van der Waals surface area contributed by atoms with Crippen LogP contribution in [0, 0.1) is 11.2 Å². The molecule has 2 aliphatic rings. The van der Waals surface area contributed by atoms with E-state index >= 15 is 0 Å². The van der Waals surface area contributed by atoms with E-state index in [0.29, 0.717) is 23.3 Å². The van der Waals surface area contributed by atoms with Crippen molar-refractivity contribution in [3.8, 4) is 0 Å². The van der Waals surface area contributed by atoms with Gasteiger partial charge in [-0.2, -0.15) is 0 Å². The van der Waals surface area contributed by atoms with Gasteiger partial charge in [0, 0.05) is 54.7 Å². The van der Waals surface area contributed by atoms with E-state index in [-0.39, 0.29) is 16.9 Å². The minimum Gasteiger partial charge on any atom is -0.378 e. The number of nitrogens with zero attached hydrogens (tertiary/aromatic N) is 1. The molecule has 0 saturated heterocycles. The summed E-state index contributed by atoms with van der Waals surface area (Å²) in [6, 6.07) is 14.0. The second kappa shape index (κ2) is 8.50. The number of allylic oxidation sites excluding steroid dienone is 3. The van der Waals surface area contributed by atoms with Crippen LogP contribution in [0.1, 0.15) is 45.1 Å². The molecule has 0 unspecified atom stereocenters. The van der Waals surface area contributed by atoms with E-state index in [4.69, 9.17) is 0 Å². The van der Waals surface area contributed by atoms with Crippen LogP contribution < -0.4 is 15.5 Å². The lowest BCUT2D eigenvalue weighted by Gasteiger charge is -2.39. The number of ketones is 1. The SMILES string of the molecule is CC1=C(C(=O)Nc2ccccc2F)[C@H](c2ccc(N(C)C)cc2)C2=C(CC(C)(C)CC2=O)N1. The van der Waals surface area contributed by atoms with Gasteiger partial charge >= 0.3 is 0 Å². The van der Waals surface area contributed by atoms with Gasteiger partial charge in [0.2, 0.25) is 0 Å². The van der Waals surface area contributed by atoms with Gasteiger partial charge in [0.1, 0.15) is 5.82 Å². The lowest BCUT2D eigenvalue weighted by molar-refractivity contribution is -0.118. The number of rotatable bonds is 4. The molecule has 2 aromatic rings. The molecule has 0 radical (unpaired) electrons. The Bertz CT molecular complexity index is 1180. The van der Waals surface area contributed by atoms with Gasteiger partial charge in [0.15, 0.2) is 5.78 Å². The summed E-state index contributed by atoms with van der Waals surface area (Å²) in [7, 11) is 3.93. The second-order valence-electron chi connectivity index (χ2n) is 9.85. The number of benzene rings is 2. The molecule has 0 bridgehead atoms. The highest BCUT2D eigenvalue weighted by atomic mass is 19.1. The Morgan fingerprint density at radius 2 is 1.76 bits per heavy atom. The molecule has 33 heavy (non-hydrogen) atoms. The van der Waals surface area contributed by atoms with Gasteiger partial charge < -0.3 is 15.5 Å². The molecule has 2 N–H and O–H groups in total. The third kappa shape index (κ3) is 4.42. The van der Waals surface area contributed by atoms with Gasteiger partial charge in [-0.1, -0.05) is 38.1 Å². The number of carbonyl (C=O) groups excluding carboxylic acids is 2. The number of dihydropyridines is 1. The maximum atomic E-state index is 14.3. The predicted octanol–water partition coefficient (Wildman–Crippen LogP) is 5.13. The first kappa shape index (κ1) is 22.8. The van der Waals surface area contributed by atoms with Crippen molar-refractivity contribution in [2.45, 2.75) is 39.5 Å². The number of para-hydroxylation sites is 1. The van der Waals surface area contributed by atoms with Gasteiger partial charge in [-0.05, 0) is 48.6 Å². The molecule has 0 spiro atoms. The fraction of sp³-hybridized carbons (Fsp3) is 0.333. The third-order valence-corrected chi connectivity index (χ3v) is 6.35. The molecule has 1 heterocycles. The first-order valence-corrected chi connectivity index (χ1v) is 11.1. The van der Waals surface area contributed by atoms with E-state index in [9.17, 15) is 14.0 Å². The molecule has 1 aliphatic heterocycles. The largest absolute Gasteiger partial charge is 0.378 e. The van der Waals surface area contributed by atoms with Gasteiger partial charge in [0.25, 0.3) is 5.91 Å². The topological polar surface area (TPSA) is 61.4 Å². The molecular weight excluding hydrogens is 417 g/mol. The Kier molecular flexibility index (Phi) is 5.87. The van der Waals surface area contributed by atoms with Gasteiger partial charge in [-0.3, -0.25) is 9.59 Å². The molecule has 1 atom stereocenters. The number of hydrogen-bond acceptors (Lipinski definition) is 4. The third-order valence-electron chi connectivity index (χ3n) is 6.35. The minimum atomic E-state index is -0.521. The van der Waals surface area contributed by atoms with E-state index in [1.54, 1.807) is 12.1 Å². The highest BCUT2D eigenvalue weighted by Crippen LogP contribution is 2.47.